The number of fused-ring (bicyclic) bond motifs is 3. The van der Waals surface area contributed by atoms with Crippen LogP contribution in [0.25, 0.3) is 0 Å². The van der Waals surface area contributed by atoms with Crippen molar-refractivity contribution in [3.63, 3.8) is 0 Å². The minimum atomic E-state index is -2.91. The molecule has 0 amide bonds. The van der Waals surface area contributed by atoms with Gasteiger partial charge in [0.15, 0.2) is 8.07 Å². The summed E-state index contributed by atoms with van der Waals surface area (Å²) in [7, 11) is -2.91. The van der Waals surface area contributed by atoms with Gasteiger partial charge in [-0.1, -0.05) is 171 Å². The highest BCUT2D eigenvalue weighted by atomic mass is 28.3. The van der Waals surface area contributed by atoms with Gasteiger partial charge in [0.1, 0.15) is 0 Å². The van der Waals surface area contributed by atoms with E-state index < -0.39 is 8.07 Å². The minimum Gasteiger partial charge on any atom is -0.336 e. The Morgan fingerprint density at radius 2 is 1.08 bits per heavy atom. The summed E-state index contributed by atoms with van der Waals surface area (Å²) < 4.78 is 0. The Kier molecular flexibility index (Phi) is 8.47. The fourth-order valence-electron chi connectivity index (χ4n) is 17.5. The number of hydrogen-bond acceptors (Lipinski definition) is 3. The highest BCUT2D eigenvalue weighted by molar-refractivity contribution is 7.27. The monoisotopic (exact) mass is 942 g/mol. The van der Waals surface area contributed by atoms with E-state index in [-0.39, 0.29) is 34.0 Å². The van der Waals surface area contributed by atoms with E-state index in [1.54, 1.807) is 21.4 Å². The molecule has 0 spiro atoms. The molecule has 354 valence electrons. The van der Waals surface area contributed by atoms with E-state index in [9.17, 15) is 0 Å². The molecule has 7 aromatic rings. The molecule has 71 heavy (non-hydrogen) atoms. The van der Waals surface area contributed by atoms with E-state index in [1.807, 2.05) is 0 Å². The molecule has 5 heteroatoms. The van der Waals surface area contributed by atoms with Crippen LogP contribution in [0.5, 0.6) is 0 Å². The Balaban J connectivity index is 1.08. The number of nitrogens with zero attached hydrogens (tertiary/aromatic N) is 3. The lowest BCUT2D eigenvalue weighted by molar-refractivity contribution is 0.195. The maximum Gasteiger partial charge on any atom is 0.251 e. The highest BCUT2D eigenvalue weighted by Gasteiger charge is 2.68. The fourth-order valence-corrected chi connectivity index (χ4v) is 22.8. The molecule has 6 atom stereocenters. The third kappa shape index (κ3) is 5.27. The average molecular weight is 942 g/mol. The van der Waals surface area contributed by atoms with Gasteiger partial charge < -0.3 is 14.7 Å². The molecule has 0 N–H and O–H groups in total. The van der Waals surface area contributed by atoms with Gasteiger partial charge in [-0.2, -0.15) is 0 Å². The van der Waals surface area contributed by atoms with Crippen LogP contribution in [0.3, 0.4) is 0 Å². The van der Waals surface area contributed by atoms with Gasteiger partial charge in [-0.25, -0.2) is 0 Å². The maximum absolute atomic E-state index is 3.08. The second-order valence-corrected chi connectivity index (χ2v) is 29.8. The van der Waals surface area contributed by atoms with Crippen molar-refractivity contribution in [3.8, 4) is 0 Å². The standard InChI is InChI=1S/C66H68BN3Si/c1-62(2,3)44-27-30-47(31-28-44)68-53-23-17-25-57-60(53)67-59-55(68)38-48(69-52-32-29-45(63(4,5)6)37-51(52)64(7)33-15-16-34-65(64,69)8)39-56(59)70(66-40-42-35-46(66)36-43(42)41-66)54-24-18-26-58(61(54)67)71(57,49-19-11-9-12-20-49)50-21-13-10-14-22-50/h9-14,17-32,37-39,42-43,46H,15-16,33-36,40-41H2,1-8H3/t42-,43?,46?,64?,65?,66?/m1/s1. The zero-order valence-corrected chi connectivity index (χ0v) is 44.2. The molecule has 7 aromatic carbocycles. The van der Waals surface area contributed by atoms with Crippen molar-refractivity contribution in [1.29, 1.82) is 0 Å². The largest absolute Gasteiger partial charge is 0.336 e. The molecule has 5 aliphatic carbocycles. The molecule has 0 radical (unpaired) electrons. The maximum atomic E-state index is 3.08. The van der Waals surface area contributed by atoms with Crippen LogP contribution in [-0.4, -0.2) is 25.9 Å². The predicted molar refractivity (Wildman–Crippen MR) is 303 cm³/mol. The lowest BCUT2D eigenvalue weighted by Gasteiger charge is -2.55. The number of hydrogen-bond donors (Lipinski definition) is 0. The van der Waals surface area contributed by atoms with E-state index in [1.165, 1.54) is 124 Å². The van der Waals surface area contributed by atoms with Crippen molar-refractivity contribution in [2.75, 3.05) is 14.7 Å². The van der Waals surface area contributed by atoms with Crippen LogP contribution in [0, 0.1) is 17.8 Å². The summed E-state index contributed by atoms with van der Waals surface area (Å²) in [4.78, 5) is 8.73. The van der Waals surface area contributed by atoms with Crippen LogP contribution in [0.2, 0.25) is 0 Å². The Hall–Kier alpha value is -5.78. The summed E-state index contributed by atoms with van der Waals surface area (Å²) in [6, 6.07) is 61.5. The number of rotatable bonds is 5. The average Bonchev–Trinajstić information content (AvgIpc) is 4.16. The van der Waals surface area contributed by atoms with Crippen molar-refractivity contribution in [2.24, 2.45) is 17.8 Å². The first-order chi connectivity index (χ1) is 34.2. The van der Waals surface area contributed by atoms with Crippen LogP contribution < -0.4 is 51.8 Å². The molecule has 5 saturated carbocycles. The summed E-state index contributed by atoms with van der Waals surface area (Å²) >= 11 is 0. The fraction of sp³-hybridized carbons (Fsp3) is 0.364. The van der Waals surface area contributed by atoms with Crippen molar-refractivity contribution in [1.82, 2.24) is 0 Å². The molecule has 5 fully saturated rings. The van der Waals surface area contributed by atoms with Crippen LogP contribution >= 0.6 is 0 Å². The van der Waals surface area contributed by atoms with Gasteiger partial charge in [-0.15, -0.1) is 0 Å². The van der Waals surface area contributed by atoms with Gasteiger partial charge in [-0.05, 0) is 170 Å². The summed E-state index contributed by atoms with van der Waals surface area (Å²) in [5.41, 5.74) is 18.9. The lowest BCUT2D eigenvalue weighted by atomic mass is 9.33. The summed E-state index contributed by atoms with van der Waals surface area (Å²) in [6.45, 7) is 19.6. The summed E-state index contributed by atoms with van der Waals surface area (Å²) in [5.74, 6) is 2.40. The summed E-state index contributed by atoms with van der Waals surface area (Å²) in [5, 5.41) is 6.07. The molecule has 4 bridgehead atoms. The molecule has 9 aliphatic rings. The highest BCUT2D eigenvalue weighted by Crippen LogP contribution is 2.70. The van der Waals surface area contributed by atoms with Gasteiger partial charge in [0.05, 0.1) is 5.54 Å². The van der Waals surface area contributed by atoms with Gasteiger partial charge in [0.2, 0.25) is 0 Å². The first-order valence-corrected chi connectivity index (χ1v) is 29.4. The molecular weight excluding hydrogens is 874 g/mol. The van der Waals surface area contributed by atoms with Crippen molar-refractivity contribution in [3.05, 3.63) is 168 Å². The molecule has 5 unspecified atom stereocenters. The SMILES string of the molecule is CC(C)(C)c1ccc(N2c3cc(N4c5ccc(C(C)(C)C)cc5C5(C)CCCCC45C)cc4c3B3c5c2cccc5[Si](c2ccccc2)(c2ccccc2)c2cccc(c23)N4C23CC4CC2C[C@@H]4C3)cc1. The second kappa shape index (κ2) is 14.0. The van der Waals surface area contributed by atoms with E-state index in [0.29, 0.717) is 5.92 Å². The Morgan fingerprint density at radius 3 is 1.69 bits per heavy atom. The van der Waals surface area contributed by atoms with Crippen LogP contribution in [0.4, 0.5) is 39.8 Å². The third-order valence-corrected chi connectivity index (χ3v) is 25.7. The molecule has 0 aromatic heterocycles. The van der Waals surface area contributed by atoms with E-state index in [4.69, 9.17) is 0 Å². The minimum absolute atomic E-state index is 0.0242. The smallest absolute Gasteiger partial charge is 0.251 e. The van der Waals surface area contributed by atoms with E-state index in [2.05, 4.69) is 222 Å². The Labute approximate surface area is 424 Å². The number of anilines is 7. The van der Waals surface area contributed by atoms with Crippen molar-refractivity contribution < 1.29 is 0 Å². The van der Waals surface area contributed by atoms with Gasteiger partial charge in [0.25, 0.3) is 6.71 Å². The van der Waals surface area contributed by atoms with Crippen LogP contribution in [0.15, 0.2) is 152 Å². The molecule has 4 heterocycles. The predicted octanol–water partition coefficient (Wildman–Crippen LogP) is 11.7. The Bertz CT molecular complexity index is 3330. The first-order valence-electron chi connectivity index (χ1n) is 27.4. The zero-order valence-electron chi connectivity index (χ0n) is 43.2. The number of benzene rings is 7. The van der Waals surface area contributed by atoms with Gasteiger partial charge in [-0.3, -0.25) is 0 Å². The normalized spacial score (nSPS) is 27.6. The van der Waals surface area contributed by atoms with E-state index >= 15 is 0 Å². The van der Waals surface area contributed by atoms with Crippen molar-refractivity contribution >= 4 is 91.7 Å². The summed E-state index contributed by atoms with van der Waals surface area (Å²) in [6.07, 6.45) is 10.3. The molecule has 4 aliphatic heterocycles. The van der Waals surface area contributed by atoms with E-state index in [0.717, 1.165) is 11.8 Å². The topological polar surface area (TPSA) is 9.72 Å². The second-order valence-electron chi connectivity index (χ2n) is 26.1. The molecule has 0 saturated heterocycles. The van der Waals surface area contributed by atoms with Crippen molar-refractivity contribution in [2.45, 2.75) is 134 Å². The molecular formula is C66H68BN3Si. The van der Waals surface area contributed by atoms with Crippen LogP contribution in [0.1, 0.15) is 123 Å². The van der Waals surface area contributed by atoms with Crippen LogP contribution in [-0.2, 0) is 16.2 Å². The lowest BCUT2D eigenvalue weighted by Crippen LogP contribution is -2.88. The Morgan fingerprint density at radius 1 is 0.507 bits per heavy atom. The molecule has 16 rings (SSSR count). The quantitative estimate of drug-likeness (QED) is 0.159. The first kappa shape index (κ1) is 42.9. The third-order valence-electron chi connectivity index (χ3n) is 20.8. The van der Waals surface area contributed by atoms with Gasteiger partial charge >= 0.3 is 0 Å². The molecule has 3 nitrogen and oxygen atoms in total. The zero-order chi connectivity index (χ0) is 48.2. The van der Waals surface area contributed by atoms with Gasteiger partial charge in [0, 0.05) is 50.8 Å².